The summed E-state index contributed by atoms with van der Waals surface area (Å²) in [6.07, 6.45) is 6.14. The molecule has 2 fully saturated rings. The van der Waals surface area contributed by atoms with Crippen LogP contribution >= 0.6 is 0 Å². The van der Waals surface area contributed by atoms with Crippen molar-refractivity contribution in [3.8, 4) is 0 Å². The maximum Gasteiger partial charge on any atom is 0.251 e. The first-order valence-electron chi connectivity index (χ1n) is 9.42. The average molecular weight is 346 g/mol. The minimum Gasteiger partial charge on any atom is -0.380 e. The van der Waals surface area contributed by atoms with Gasteiger partial charge < -0.3 is 14.8 Å². The van der Waals surface area contributed by atoms with Gasteiger partial charge in [0.1, 0.15) is 0 Å². The van der Waals surface area contributed by atoms with E-state index in [1.54, 1.807) is 7.11 Å². The van der Waals surface area contributed by atoms with Gasteiger partial charge in [-0.05, 0) is 30.5 Å². The molecule has 1 saturated carbocycles. The molecule has 138 valence electrons. The lowest BCUT2D eigenvalue weighted by Gasteiger charge is -2.48. The van der Waals surface area contributed by atoms with E-state index in [4.69, 9.17) is 9.47 Å². The molecule has 1 aliphatic carbocycles. The van der Waals surface area contributed by atoms with Gasteiger partial charge in [-0.25, -0.2) is 0 Å². The van der Waals surface area contributed by atoms with Gasteiger partial charge in [-0.1, -0.05) is 31.4 Å². The monoisotopic (exact) mass is 346 g/mol. The minimum absolute atomic E-state index is 0.0159. The lowest BCUT2D eigenvalue weighted by atomic mass is 9.79. The molecule has 1 aromatic rings. The zero-order valence-corrected chi connectivity index (χ0v) is 15.3. The van der Waals surface area contributed by atoms with Gasteiger partial charge in [0, 0.05) is 37.8 Å². The van der Waals surface area contributed by atoms with Crippen LogP contribution in [0.2, 0.25) is 0 Å². The highest BCUT2D eigenvalue weighted by Gasteiger charge is 2.38. The zero-order valence-electron chi connectivity index (χ0n) is 15.3. The SMILES string of the molecule is COCc1ccc(C(=O)NCC2(N3CCOCC3)CCCCC2)cc1. The summed E-state index contributed by atoms with van der Waals surface area (Å²) in [5.41, 5.74) is 1.90. The molecule has 1 aromatic carbocycles. The Hall–Kier alpha value is -1.43. The molecule has 0 spiro atoms. The van der Waals surface area contributed by atoms with Gasteiger partial charge in [0.15, 0.2) is 0 Å². The van der Waals surface area contributed by atoms with E-state index in [2.05, 4.69) is 10.2 Å². The van der Waals surface area contributed by atoms with Crippen molar-refractivity contribution in [1.82, 2.24) is 10.2 Å². The van der Waals surface area contributed by atoms with Crippen molar-refractivity contribution in [3.05, 3.63) is 35.4 Å². The number of hydrogen-bond acceptors (Lipinski definition) is 4. The highest BCUT2D eigenvalue weighted by molar-refractivity contribution is 5.94. The second-order valence-corrected chi connectivity index (χ2v) is 7.20. The fourth-order valence-electron chi connectivity index (χ4n) is 4.12. The number of morpholine rings is 1. The molecule has 1 amide bonds. The number of amides is 1. The first-order chi connectivity index (χ1) is 12.2. The number of nitrogens with zero attached hydrogens (tertiary/aromatic N) is 1. The van der Waals surface area contributed by atoms with Crippen molar-refractivity contribution in [2.24, 2.45) is 0 Å². The van der Waals surface area contributed by atoms with Gasteiger partial charge in [-0.15, -0.1) is 0 Å². The molecular weight excluding hydrogens is 316 g/mol. The van der Waals surface area contributed by atoms with Gasteiger partial charge in [0.05, 0.1) is 19.8 Å². The Labute approximate surface area is 150 Å². The third-order valence-corrected chi connectivity index (χ3v) is 5.57. The van der Waals surface area contributed by atoms with Crippen molar-refractivity contribution in [3.63, 3.8) is 0 Å². The summed E-state index contributed by atoms with van der Waals surface area (Å²) in [5.74, 6) is 0.0159. The standard InChI is InChI=1S/C20H30N2O3/c1-24-15-17-5-7-18(8-6-17)19(23)21-16-20(9-3-2-4-10-20)22-11-13-25-14-12-22/h5-8H,2-4,9-16H2,1H3,(H,21,23). The van der Waals surface area contributed by atoms with Crippen LogP contribution < -0.4 is 5.32 Å². The molecule has 3 rings (SSSR count). The number of methoxy groups -OCH3 is 1. The Morgan fingerprint density at radius 2 is 1.84 bits per heavy atom. The molecule has 0 bridgehead atoms. The molecule has 1 N–H and O–H groups in total. The Morgan fingerprint density at radius 1 is 1.16 bits per heavy atom. The molecule has 5 heteroatoms. The number of ether oxygens (including phenoxy) is 2. The van der Waals surface area contributed by atoms with Crippen LogP contribution in [-0.2, 0) is 16.1 Å². The third kappa shape index (κ3) is 4.60. The second kappa shape index (κ2) is 8.79. The van der Waals surface area contributed by atoms with E-state index in [1.165, 1.54) is 32.1 Å². The summed E-state index contributed by atoms with van der Waals surface area (Å²) in [5, 5.41) is 3.21. The fourth-order valence-corrected chi connectivity index (χ4v) is 4.12. The quantitative estimate of drug-likeness (QED) is 0.860. The summed E-state index contributed by atoms with van der Waals surface area (Å²) >= 11 is 0. The van der Waals surface area contributed by atoms with Crippen LogP contribution in [0.4, 0.5) is 0 Å². The highest BCUT2D eigenvalue weighted by Crippen LogP contribution is 2.33. The van der Waals surface area contributed by atoms with Crippen LogP contribution in [-0.4, -0.2) is 56.3 Å². The van der Waals surface area contributed by atoms with Crippen LogP contribution in [0, 0.1) is 0 Å². The molecule has 2 aliphatic rings. The van der Waals surface area contributed by atoms with Crippen molar-refractivity contribution >= 4 is 5.91 Å². The van der Waals surface area contributed by atoms with Gasteiger partial charge in [0.25, 0.3) is 5.91 Å². The molecule has 1 heterocycles. The topological polar surface area (TPSA) is 50.8 Å². The first-order valence-corrected chi connectivity index (χ1v) is 9.42. The van der Waals surface area contributed by atoms with E-state index >= 15 is 0 Å². The van der Waals surface area contributed by atoms with E-state index in [1.807, 2.05) is 24.3 Å². The molecule has 0 aromatic heterocycles. The van der Waals surface area contributed by atoms with E-state index < -0.39 is 0 Å². The van der Waals surface area contributed by atoms with Crippen LogP contribution in [0.5, 0.6) is 0 Å². The van der Waals surface area contributed by atoms with Crippen LogP contribution in [0.25, 0.3) is 0 Å². The predicted octanol–water partition coefficient (Wildman–Crippen LogP) is 2.60. The van der Waals surface area contributed by atoms with Crippen LogP contribution in [0.15, 0.2) is 24.3 Å². The number of hydrogen-bond donors (Lipinski definition) is 1. The summed E-state index contributed by atoms with van der Waals surface area (Å²) in [7, 11) is 1.68. The Kier molecular flexibility index (Phi) is 6.45. The number of carbonyl (C=O) groups is 1. The number of carbonyl (C=O) groups excluding carboxylic acids is 1. The van der Waals surface area contributed by atoms with E-state index in [9.17, 15) is 4.79 Å². The Bertz CT molecular complexity index is 547. The molecular formula is C20H30N2O3. The Morgan fingerprint density at radius 3 is 2.48 bits per heavy atom. The normalized spacial score (nSPS) is 21.0. The number of nitrogens with one attached hydrogen (secondary N) is 1. The molecule has 5 nitrogen and oxygen atoms in total. The number of benzene rings is 1. The molecule has 25 heavy (non-hydrogen) atoms. The summed E-state index contributed by atoms with van der Waals surface area (Å²) in [4.78, 5) is 15.1. The maximum absolute atomic E-state index is 12.6. The largest absolute Gasteiger partial charge is 0.380 e. The van der Waals surface area contributed by atoms with Gasteiger partial charge >= 0.3 is 0 Å². The predicted molar refractivity (Wildman–Crippen MR) is 97.7 cm³/mol. The van der Waals surface area contributed by atoms with Gasteiger partial charge in [-0.2, -0.15) is 0 Å². The van der Waals surface area contributed by atoms with E-state index in [-0.39, 0.29) is 11.4 Å². The molecule has 0 radical (unpaired) electrons. The minimum atomic E-state index is 0.0159. The lowest BCUT2D eigenvalue weighted by Crippen LogP contribution is -2.59. The van der Waals surface area contributed by atoms with Crippen LogP contribution in [0.1, 0.15) is 48.0 Å². The van der Waals surface area contributed by atoms with Crippen molar-refractivity contribution in [1.29, 1.82) is 0 Å². The zero-order chi connectivity index (χ0) is 17.5. The van der Waals surface area contributed by atoms with E-state index in [0.717, 1.165) is 38.4 Å². The van der Waals surface area contributed by atoms with Crippen molar-refractivity contribution in [2.45, 2.75) is 44.2 Å². The number of rotatable bonds is 6. The third-order valence-electron chi connectivity index (χ3n) is 5.57. The molecule has 1 aliphatic heterocycles. The lowest BCUT2D eigenvalue weighted by molar-refractivity contribution is -0.0361. The molecule has 0 atom stereocenters. The van der Waals surface area contributed by atoms with Gasteiger partial charge in [0.2, 0.25) is 0 Å². The van der Waals surface area contributed by atoms with E-state index in [0.29, 0.717) is 12.2 Å². The Balaban J connectivity index is 1.62. The highest BCUT2D eigenvalue weighted by atomic mass is 16.5. The maximum atomic E-state index is 12.6. The smallest absolute Gasteiger partial charge is 0.251 e. The first kappa shape index (κ1) is 18.4. The van der Waals surface area contributed by atoms with Crippen molar-refractivity contribution < 1.29 is 14.3 Å². The van der Waals surface area contributed by atoms with Gasteiger partial charge in [-0.3, -0.25) is 9.69 Å². The van der Waals surface area contributed by atoms with Crippen LogP contribution in [0.3, 0.4) is 0 Å². The molecule has 1 saturated heterocycles. The fraction of sp³-hybridized carbons (Fsp3) is 0.650. The van der Waals surface area contributed by atoms with Crippen molar-refractivity contribution in [2.75, 3.05) is 40.0 Å². The summed E-state index contributed by atoms with van der Waals surface area (Å²) < 4.78 is 10.6. The summed E-state index contributed by atoms with van der Waals surface area (Å²) in [6, 6.07) is 7.67. The summed E-state index contributed by atoms with van der Waals surface area (Å²) in [6.45, 7) is 4.85. The average Bonchev–Trinajstić information content (AvgIpc) is 2.68. The molecule has 0 unspecified atom stereocenters. The second-order valence-electron chi connectivity index (χ2n) is 7.20.